The summed E-state index contributed by atoms with van der Waals surface area (Å²) in [5.41, 5.74) is 3.59. The number of benzene rings is 2. The number of anilines is 3. The number of amides is 1. The average Bonchev–Trinajstić information content (AvgIpc) is 2.89. The van der Waals surface area contributed by atoms with Crippen LogP contribution in [0.3, 0.4) is 0 Å². The molecule has 190 valence electrons. The van der Waals surface area contributed by atoms with Crippen LogP contribution in [0, 0.1) is 6.92 Å². The fourth-order valence-electron chi connectivity index (χ4n) is 4.34. The van der Waals surface area contributed by atoms with Crippen LogP contribution in [-0.4, -0.2) is 58.0 Å². The smallest absolute Gasteiger partial charge is 0.329 e. The normalized spacial score (nSPS) is 13.6. The lowest BCUT2D eigenvalue weighted by atomic mass is 10.1. The van der Waals surface area contributed by atoms with E-state index < -0.39 is 5.69 Å². The van der Waals surface area contributed by atoms with Gasteiger partial charge in [-0.1, -0.05) is 31.2 Å². The van der Waals surface area contributed by atoms with Crippen molar-refractivity contribution in [1.82, 2.24) is 14.5 Å². The number of hydrogen-bond donors (Lipinski definition) is 2. The number of thioether (sulfide) groups is 1. The second kappa shape index (κ2) is 12.0. The van der Waals surface area contributed by atoms with Crippen molar-refractivity contribution in [2.75, 3.05) is 47.9 Å². The Kier molecular flexibility index (Phi) is 8.53. The van der Waals surface area contributed by atoms with Crippen LogP contribution in [-0.2, 0) is 17.8 Å². The summed E-state index contributed by atoms with van der Waals surface area (Å²) >= 11 is 1.44. The van der Waals surface area contributed by atoms with Crippen LogP contribution in [0.2, 0.25) is 0 Å². The molecule has 0 radical (unpaired) electrons. The van der Waals surface area contributed by atoms with Crippen LogP contribution >= 0.6 is 11.8 Å². The largest absolute Gasteiger partial charge is 0.368 e. The third kappa shape index (κ3) is 6.40. The minimum atomic E-state index is -0.461. The number of carbonyl (C=O) groups is 1. The molecule has 1 saturated heterocycles. The number of rotatable bonds is 9. The van der Waals surface area contributed by atoms with E-state index in [0.29, 0.717) is 30.4 Å². The SMILES string of the molecule is CCc1cc(Nc2cc(=O)n(CCSCC(=O)N3CCN(c4ccccc4)CC3)c(=O)[nH]2)ccc1C. The lowest BCUT2D eigenvalue weighted by Gasteiger charge is -2.36. The number of aromatic amines is 1. The van der Waals surface area contributed by atoms with Gasteiger partial charge in [-0.3, -0.25) is 19.1 Å². The Labute approximate surface area is 215 Å². The molecule has 8 nitrogen and oxygen atoms in total. The van der Waals surface area contributed by atoms with E-state index in [1.165, 1.54) is 39.2 Å². The number of nitrogens with one attached hydrogen (secondary N) is 2. The maximum absolute atomic E-state index is 12.6. The molecule has 2 N–H and O–H groups in total. The fraction of sp³-hybridized carbons (Fsp3) is 0.370. The highest BCUT2D eigenvalue weighted by atomic mass is 32.2. The first-order valence-electron chi connectivity index (χ1n) is 12.3. The van der Waals surface area contributed by atoms with Crippen molar-refractivity contribution in [2.24, 2.45) is 0 Å². The molecule has 36 heavy (non-hydrogen) atoms. The molecule has 1 aromatic heterocycles. The van der Waals surface area contributed by atoms with Crippen molar-refractivity contribution in [3.05, 3.63) is 86.6 Å². The van der Waals surface area contributed by atoms with Crippen molar-refractivity contribution >= 4 is 34.9 Å². The molecule has 0 spiro atoms. The summed E-state index contributed by atoms with van der Waals surface area (Å²) in [5.74, 6) is 1.30. The summed E-state index contributed by atoms with van der Waals surface area (Å²) in [7, 11) is 0. The molecule has 1 fully saturated rings. The molecule has 0 bridgehead atoms. The van der Waals surface area contributed by atoms with E-state index in [9.17, 15) is 14.4 Å². The number of H-pyrrole nitrogens is 1. The zero-order valence-electron chi connectivity index (χ0n) is 20.8. The Hall–Kier alpha value is -3.46. The molecule has 0 saturated carbocycles. The topological polar surface area (TPSA) is 90.4 Å². The van der Waals surface area contributed by atoms with E-state index >= 15 is 0 Å². The third-order valence-electron chi connectivity index (χ3n) is 6.47. The van der Waals surface area contributed by atoms with Gasteiger partial charge in [-0.05, 0) is 48.7 Å². The highest BCUT2D eigenvalue weighted by molar-refractivity contribution is 7.99. The van der Waals surface area contributed by atoms with Crippen LogP contribution in [0.15, 0.2) is 64.2 Å². The summed E-state index contributed by atoms with van der Waals surface area (Å²) < 4.78 is 1.17. The summed E-state index contributed by atoms with van der Waals surface area (Å²) in [5, 5.41) is 3.12. The Morgan fingerprint density at radius 3 is 2.47 bits per heavy atom. The van der Waals surface area contributed by atoms with Gasteiger partial charge in [0.05, 0.1) is 5.75 Å². The predicted molar refractivity (Wildman–Crippen MR) is 148 cm³/mol. The highest BCUT2D eigenvalue weighted by Crippen LogP contribution is 2.19. The van der Waals surface area contributed by atoms with Crippen molar-refractivity contribution in [1.29, 1.82) is 0 Å². The standard InChI is InChI=1S/C27H33N5O3S/c1-3-21-17-22(10-9-20(21)2)28-24-18-25(33)32(27(35)29-24)15-16-36-19-26(34)31-13-11-30(12-14-31)23-7-5-4-6-8-23/h4-10,17-18,28H,3,11-16,19H2,1-2H3,(H,29,35). The minimum Gasteiger partial charge on any atom is -0.368 e. The van der Waals surface area contributed by atoms with Gasteiger partial charge in [0.25, 0.3) is 5.56 Å². The van der Waals surface area contributed by atoms with Crippen LogP contribution < -0.4 is 21.5 Å². The molecule has 2 aromatic carbocycles. The predicted octanol–water partition coefficient (Wildman–Crippen LogP) is 3.23. The van der Waals surface area contributed by atoms with Gasteiger partial charge in [-0.25, -0.2) is 4.79 Å². The number of hydrogen-bond acceptors (Lipinski definition) is 6. The lowest BCUT2D eigenvalue weighted by molar-refractivity contribution is -0.128. The molecule has 1 aliphatic heterocycles. The number of aromatic nitrogens is 2. The average molecular weight is 508 g/mol. The Morgan fingerprint density at radius 1 is 1.03 bits per heavy atom. The monoisotopic (exact) mass is 507 g/mol. The molecule has 0 aliphatic carbocycles. The summed E-state index contributed by atoms with van der Waals surface area (Å²) in [4.78, 5) is 44.6. The van der Waals surface area contributed by atoms with E-state index in [-0.39, 0.29) is 18.0 Å². The summed E-state index contributed by atoms with van der Waals surface area (Å²) in [6, 6.07) is 17.6. The van der Waals surface area contributed by atoms with E-state index in [1.807, 2.05) is 41.3 Å². The van der Waals surface area contributed by atoms with Gasteiger partial charge in [0.2, 0.25) is 5.91 Å². The van der Waals surface area contributed by atoms with Gasteiger partial charge in [-0.2, -0.15) is 11.8 Å². The molecule has 3 aromatic rings. The van der Waals surface area contributed by atoms with Crippen molar-refractivity contribution in [3.63, 3.8) is 0 Å². The van der Waals surface area contributed by atoms with E-state index in [0.717, 1.165) is 25.2 Å². The van der Waals surface area contributed by atoms with Crippen molar-refractivity contribution in [3.8, 4) is 0 Å². The zero-order valence-corrected chi connectivity index (χ0v) is 21.6. The summed E-state index contributed by atoms with van der Waals surface area (Å²) in [6.07, 6.45) is 0.906. The van der Waals surface area contributed by atoms with E-state index in [2.05, 4.69) is 41.2 Å². The lowest BCUT2D eigenvalue weighted by Crippen LogP contribution is -2.49. The molecule has 4 rings (SSSR count). The molecule has 9 heteroatoms. The van der Waals surface area contributed by atoms with Gasteiger partial charge in [0.15, 0.2) is 0 Å². The first-order valence-corrected chi connectivity index (χ1v) is 13.5. The van der Waals surface area contributed by atoms with Crippen LogP contribution in [0.1, 0.15) is 18.1 Å². The van der Waals surface area contributed by atoms with Gasteiger partial charge in [0.1, 0.15) is 5.82 Å². The van der Waals surface area contributed by atoms with Crippen LogP contribution in [0.5, 0.6) is 0 Å². The molecule has 1 aliphatic rings. The molecular weight excluding hydrogens is 474 g/mol. The fourth-order valence-corrected chi connectivity index (χ4v) is 5.16. The number of carbonyl (C=O) groups excluding carboxylic acids is 1. The quantitative estimate of drug-likeness (QED) is 0.432. The van der Waals surface area contributed by atoms with Crippen molar-refractivity contribution in [2.45, 2.75) is 26.8 Å². The second-order valence-electron chi connectivity index (χ2n) is 8.85. The van der Waals surface area contributed by atoms with Gasteiger partial charge >= 0.3 is 5.69 Å². The number of para-hydroxylation sites is 1. The molecule has 0 unspecified atom stereocenters. The maximum Gasteiger partial charge on any atom is 0.329 e. The molecule has 2 heterocycles. The summed E-state index contributed by atoms with van der Waals surface area (Å²) in [6.45, 7) is 7.42. The van der Waals surface area contributed by atoms with E-state index in [1.54, 1.807) is 0 Å². The van der Waals surface area contributed by atoms with Gasteiger partial charge in [-0.15, -0.1) is 0 Å². The molecule has 0 atom stereocenters. The first-order chi connectivity index (χ1) is 17.4. The maximum atomic E-state index is 12.6. The second-order valence-corrected chi connectivity index (χ2v) is 9.96. The zero-order chi connectivity index (χ0) is 25.5. The van der Waals surface area contributed by atoms with Crippen molar-refractivity contribution < 1.29 is 4.79 Å². The number of piperazine rings is 1. The van der Waals surface area contributed by atoms with Gasteiger partial charge in [0, 0.05) is 55.9 Å². The highest BCUT2D eigenvalue weighted by Gasteiger charge is 2.21. The molecule has 1 amide bonds. The number of aryl methyl sites for hydroxylation is 2. The Balaban J connectivity index is 1.25. The van der Waals surface area contributed by atoms with Crippen LogP contribution in [0.25, 0.3) is 0 Å². The Morgan fingerprint density at radius 2 is 1.78 bits per heavy atom. The molecular formula is C27H33N5O3S. The minimum absolute atomic E-state index is 0.0954. The van der Waals surface area contributed by atoms with E-state index in [4.69, 9.17) is 0 Å². The third-order valence-corrected chi connectivity index (χ3v) is 7.39. The van der Waals surface area contributed by atoms with Gasteiger partial charge < -0.3 is 15.1 Å². The van der Waals surface area contributed by atoms with Crippen LogP contribution in [0.4, 0.5) is 17.2 Å². The number of nitrogens with zero attached hydrogens (tertiary/aromatic N) is 3. The first kappa shape index (κ1) is 25.6. The Bertz CT molecular complexity index is 1270.